The Hall–Kier alpha value is -2.62. The number of benzene rings is 2. The zero-order valence-electron chi connectivity index (χ0n) is 15.6. The van der Waals surface area contributed by atoms with Gasteiger partial charge in [-0.25, -0.2) is 0 Å². The van der Waals surface area contributed by atoms with Crippen molar-refractivity contribution < 1.29 is 19.1 Å². The molecule has 4 heteroatoms. The molecule has 0 aromatic heterocycles. The van der Waals surface area contributed by atoms with E-state index in [9.17, 15) is 9.59 Å². The standard InChI is InChI=1S/C22H26O4/c1-22(2,3)26-20(23)15-19(14-17-10-6-4-7-11-17)21(24)25-16-18-12-8-5-9-13-18/h4-13,19H,14-16H2,1-3H3/t19-/m0/s1. The van der Waals surface area contributed by atoms with E-state index in [2.05, 4.69) is 0 Å². The lowest BCUT2D eigenvalue weighted by molar-refractivity contribution is -0.162. The van der Waals surface area contributed by atoms with E-state index in [1.807, 2.05) is 81.4 Å². The van der Waals surface area contributed by atoms with Crippen LogP contribution in [0.5, 0.6) is 0 Å². The third kappa shape index (κ3) is 7.09. The van der Waals surface area contributed by atoms with Gasteiger partial charge >= 0.3 is 11.9 Å². The van der Waals surface area contributed by atoms with Gasteiger partial charge in [-0.3, -0.25) is 9.59 Å². The highest BCUT2D eigenvalue weighted by Gasteiger charge is 2.27. The fraction of sp³-hybridized carbons (Fsp3) is 0.364. The van der Waals surface area contributed by atoms with Crippen LogP contribution in [0.15, 0.2) is 60.7 Å². The molecule has 2 rings (SSSR count). The molecule has 2 aromatic carbocycles. The lowest BCUT2D eigenvalue weighted by Gasteiger charge is -2.22. The normalized spacial score (nSPS) is 12.3. The van der Waals surface area contributed by atoms with E-state index in [0.29, 0.717) is 6.42 Å². The van der Waals surface area contributed by atoms with Crippen LogP contribution in [0.25, 0.3) is 0 Å². The first-order chi connectivity index (χ1) is 12.3. The molecule has 0 spiro atoms. The molecule has 0 bridgehead atoms. The Bertz CT molecular complexity index is 702. The molecule has 0 aliphatic carbocycles. The quantitative estimate of drug-likeness (QED) is 0.695. The van der Waals surface area contributed by atoms with Crippen molar-refractivity contribution in [3.05, 3.63) is 71.8 Å². The van der Waals surface area contributed by atoms with Gasteiger partial charge in [-0.2, -0.15) is 0 Å². The van der Waals surface area contributed by atoms with Gasteiger partial charge in [-0.05, 0) is 38.3 Å². The molecule has 0 N–H and O–H groups in total. The smallest absolute Gasteiger partial charge is 0.310 e. The van der Waals surface area contributed by atoms with Crippen LogP contribution in [0.3, 0.4) is 0 Å². The first-order valence-electron chi connectivity index (χ1n) is 8.80. The Morgan fingerprint density at radius 1 is 0.885 bits per heavy atom. The average Bonchev–Trinajstić information content (AvgIpc) is 2.59. The lowest BCUT2D eigenvalue weighted by atomic mass is 9.96. The zero-order valence-corrected chi connectivity index (χ0v) is 15.6. The van der Waals surface area contributed by atoms with Crippen molar-refractivity contribution in [1.29, 1.82) is 0 Å². The SMILES string of the molecule is CC(C)(C)OC(=O)C[C@H](Cc1ccccc1)C(=O)OCc1ccccc1. The van der Waals surface area contributed by atoms with Gasteiger partial charge in [0.05, 0.1) is 12.3 Å². The van der Waals surface area contributed by atoms with Crippen LogP contribution in [0, 0.1) is 5.92 Å². The minimum atomic E-state index is -0.581. The predicted octanol–water partition coefficient (Wildman–Crippen LogP) is 4.32. The third-order valence-corrected chi connectivity index (χ3v) is 3.72. The number of hydrogen-bond donors (Lipinski definition) is 0. The summed E-state index contributed by atoms with van der Waals surface area (Å²) in [7, 11) is 0. The second-order valence-electron chi connectivity index (χ2n) is 7.27. The van der Waals surface area contributed by atoms with E-state index in [0.717, 1.165) is 11.1 Å². The number of hydrogen-bond acceptors (Lipinski definition) is 4. The fourth-order valence-corrected chi connectivity index (χ4v) is 2.57. The summed E-state index contributed by atoms with van der Waals surface area (Å²) in [5, 5.41) is 0. The summed E-state index contributed by atoms with van der Waals surface area (Å²) < 4.78 is 10.8. The summed E-state index contributed by atoms with van der Waals surface area (Å²) >= 11 is 0. The van der Waals surface area contributed by atoms with E-state index < -0.39 is 17.5 Å². The van der Waals surface area contributed by atoms with E-state index in [-0.39, 0.29) is 19.0 Å². The molecular weight excluding hydrogens is 328 g/mol. The lowest BCUT2D eigenvalue weighted by Crippen LogP contribution is -2.29. The molecule has 0 heterocycles. The van der Waals surface area contributed by atoms with Crippen LogP contribution < -0.4 is 0 Å². The Morgan fingerprint density at radius 3 is 1.96 bits per heavy atom. The largest absolute Gasteiger partial charge is 0.461 e. The zero-order chi connectivity index (χ0) is 19.0. The van der Waals surface area contributed by atoms with Crippen molar-refractivity contribution in [2.45, 2.75) is 45.8 Å². The van der Waals surface area contributed by atoms with Crippen LogP contribution in [0.2, 0.25) is 0 Å². The molecule has 0 fully saturated rings. The van der Waals surface area contributed by atoms with E-state index in [4.69, 9.17) is 9.47 Å². The van der Waals surface area contributed by atoms with Crippen molar-refractivity contribution in [3.63, 3.8) is 0 Å². The van der Waals surface area contributed by atoms with Crippen molar-refractivity contribution in [2.24, 2.45) is 5.92 Å². The molecular formula is C22H26O4. The molecule has 1 atom stereocenters. The van der Waals surface area contributed by atoms with Gasteiger partial charge < -0.3 is 9.47 Å². The van der Waals surface area contributed by atoms with E-state index >= 15 is 0 Å². The summed E-state index contributed by atoms with van der Waals surface area (Å²) in [5.41, 5.74) is 1.32. The van der Waals surface area contributed by atoms with Crippen molar-refractivity contribution in [1.82, 2.24) is 0 Å². The van der Waals surface area contributed by atoms with E-state index in [1.165, 1.54) is 0 Å². The monoisotopic (exact) mass is 354 g/mol. The molecule has 0 radical (unpaired) electrons. The second-order valence-corrected chi connectivity index (χ2v) is 7.27. The number of rotatable bonds is 7. The summed E-state index contributed by atoms with van der Waals surface area (Å²) in [5.74, 6) is -1.35. The number of ether oxygens (including phenoxy) is 2. The summed E-state index contributed by atoms with van der Waals surface area (Å²) in [6.45, 7) is 5.62. The minimum absolute atomic E-state index is 0.000211. The Morgan fingerprint density at radius 2 is 1.42 bits per heavy atom. The number of esters is 2. The molecule has 0 saturated heterocycles. The first kappa shape index (κ1) is 19.7. The van der Waals surface area contributed by atoms with Gasteiger partial charge in [0.15, 0.2) is 0 Å². The topological polar surface area (TPSA) is 52.6 Å². The highest BCUT2D eigenvalue weighted by Crippen LogP contribution is 2.18. The summed E-state index contributed by atoms with van der Waals surface area (Å²) in [6, 6.07) is 19.1. The third-order valence-electron chi connectivity index (χ3n) is 3.72. The van der Waals surface area contributed by atoms with Gasteiger partial charge in [-0.15, -0.1) is 0 Å². The van der Waals surface area contributed by atoms with Gasteiger partial charge in [0, 0.05) is 0 Å². The van der Waals surface area contributed by atoms with Gasteiger partial charge in [0.25, 0.3) is 0 Å². The highest BCUT2D eigenvalue weighted by molar-refractivity contribution is 5.80. The van der Waals surface area contributed by atoms with Gasteiger partial charge in [0.1, 0.15) is 12.2 Å². The first-order valence-corrected chi connectivity index (χ1v) is 8.80. The molecule has 0 saturated carbocycles. The molecule has 0 unspecified atom stereocenters. The Kier molecular flexibility index (Phi) is 6.96. The molecule has 26 heavy (non-hydrogen) atoms. The van der Waals surface area contributed by atoms with Crippen LogP contribution in [-0.4, -0.2) is 17.5 Å². The predicted molar refractivity (Wildman–Crippen MR) is 100 cm³/mol. The van der Waals surface area contributed by atoms with Crippen molar-refractivity contribution in [2.75, 3.05) is 0 Å². The summed E-state index contributed by atoms with van der Waals surface area (Å²) in [4.78, 5) is 24.8. The number of carbonyl (C=O) groups excluding carboxylic acids is 2. The summed E-state index contributed by atoms with van der Waals surface area (Å²) in [6.07, 6.45) is 0.438. The van der Waals surface area contributed by atoms with Crippen LogP contribution >= 0.6 is 0 Å². The average molecular weight is 354 g/mol. The molecule has 0 aliphatic rings. The second kappa shape index (κ2) is 9.18. The Labute approximate surface area is 155 Å². The van der Waals surface area contributed by atoms with Crippen LogP contribution in [0.4, 0.5) is 0 Å². The minimum Gasteiger partial charge on any atom is -0.461 e. The van der Waals surface area contributed by atoms with Crippen molar-refractivity contribution in [3.8, 4) is 0 Å². The Balaban J connectivity index is 2.03. The van der Waals surface area contributed by atoms with Gasteiger partial charge in [-0.1, -0.05) is 60.7 Å². The van der Waals surface area contributed by atoms with Crippen LogP contribution in [0.1, 0.15) is 38.3 Å². The molecule has 138 valence electrons. The highest BCUT2D eigenvalue weighted by atomic mass is 16.6. The molecule has 2 aromatic rings. The number of carbonyl (C=O) groups is 2. The maximum Gasteiger partial charge on any atom is 0.310 e. The molecule has 4 nitrogen and oxygen atoms in total. The van der Waals surface area contributed by atoms with Gasteiger partial charge in [0.2, 0.25) is 0 Å². The molecule has 0 aliphatic heterocycles. The maximum absolute atomic E-state index is 12.6. The van der Waals surface area contributed by atoms with E-state index in [1.54, 1.807) is 0 Å². The molecule has 0 amide bonds. The fourth-order valence-electron chi connectivity index (χ4n) is 2.57. The van der Waals surface area contributed by atoms with Crippen molar-refractivity contribution >= 4 is 11.9 Å². The maximum atomic E-state index is 12.6. The van der Waals surface area contributed by atoms with Crippen LogP contribution in [-0.2, 0) is 32.1 Å².